The van der Waals surface area contributed by atoms with Crippen LogP contribution in [0.25, 0.3) is 0 Å². The van der Waals surface area contributed by atoms with Crippen LogP contribution in [-0.2, 0) is 14.3 Å². The lowest BCUT2D eigenvalue weighted by molar-refractivity contribution is -0.137. The molecule has 0 fully saturated rings. The minimum Gasteiger partial charge on any atom is -0.481 e. The summed E-state index contributed by atoms with van der Waals surface area (Å²) in [6, 6.07) is 7.66. The van der Waals surface area contributed by atoms with E-state index in [1.165, 1.54) is 30.2 Å². The van der Waals surface area contributed by atoms with Crippen LogP contribution in [0, 0.1) is 0 Å². The fourth-order valence-electron chi connectivity index (χ4n) is 2.01. The first-order chi connectivity index (χ1) is 12.4. The number of hydrogen-bond acceptors (Lipinski definition) is 8. The van der Waals surface area contributed by atoms with Gasteiger partial charge in [0.25, 0.3) is 5.91 Å². The molecule has 0 saturated carbocycles. The maximum atomic E-state index is 12.3. The molecule has 0 saturated heterocycles. The van der Waals surface area contributed by atoms with Gasteiger partial charge >= 0.3 is 5.97 Å². The topological polar surface area (TPSA) is 90.4 Å². The molecule has 0 spiro atoms. The summed E-state index contributed by atoms with van der Waals surface area (Å²) in [4.78, 5) is 23.5. The third-order valence-corrected chi connectivity index (χ3v) is 5.34. The molecule has 1 N–H and O–H groups in total. The molecule has 0 bridgehead atoms. The summed E-state index contributed by atoms with van der Waals surface area (Å²) < 4.78 is 11.0. The smallest absolute Gasteiger partial charge is 0.316 e. The van der Waals surface area contributed by atoms with Crippen molar-refractivity contribution in [2.45, 2.75) is 37.1 Å². The molecule has 1 heterocycles. The number of nitrogens with zero attached hydrogens (tertiary/aromatic N) is 2. The van der Waals surface area contributed by atoms with Gasteiger partial charge in [0.15, 0.2) is 10.4 Å². The Morgan fingerprint density at radius 2 is 1.96 bits per heavy atom. The van der Waals surface area contributed by atoms with E-state index < -0.39 is 6.10 Å². The van der Waals surface area contributed by atoms with Crippen LogP contribution in [-0.4, -0.2) is 41.0 Å². The Labute approximate surface area is 160 Å². The zero-order valence-corrected chi connectivity index (χ0v) is 16.6. The Hall–Kier alpha value is -2.13. The van der Waals surface area contributed by atoms with E-state index in [1.807, 2.05) is 24.3 Å². The summed E-state index contributed by atoms with van der Waals surface area (Å²) in [5.41, 5.74) is 1.05. The second kappa shape index (κ2) is 9.54. The number of carbonyl (C=O) groups is 2. The Morgan fingerprint density at radius 1 is 1.23 bits per heavy atom. The average Bonchev–Trinajstić information content (AvgIpc) is 3.07. The van der Waals surface area contributed by atoms with Crippen molar-refractivity contribution >= 4 is 40.1 Å². The third-order valence-electron chi connectivity index (χ3n) is 3.39. The first-order valence-corrected chi connectivity index (χ1v) is 9.80. The number of methoxy groups -OCH3 is 1. The first-order valence-electron chi connectivity index (χ1n) is 8.00. The molecule has 2 rings (SSSR count). The molecule has 7 nitrogen and oxygen atoms in total. The summed E-state index contributed by atoms with van der Waals surface area (Å²) >= 11 is 2.40. The van der Waals surface area contributed by atoms with Crippen LogP contribution >= 0.6 is 23.1 Å². The van der Waals surface area contributed by atoms with Gasteiger partial charge in [0, 0.05) is 0 Å². The molecule has 1 amide bonds. The highest BCUT2D eigenvalue weighted by atomic mass is 32.2. The lowest BCUT2D eigenvalue weighted by Crippen LogP contribution is -2.30. The molecular formula is C17H21N3O4S2. The summed E-state index contributed by atoms with van der Waals surface area (Å²) in [5, 5.41) is 10.9. The zero-order valence-electron chi connectivity index (χ0n) is 15.0. The standard InChI is InChI=1S/C17H21N3O4S2/c1-10(2)12-7-5-6-8-13(12)24-11(3)15(22)18-16-19-20-17(26-16)25-9-14(21)23-4/h5-8,10-11H,9H2,1-4H3,(H,18,19,22)/t11-/m0/s1. The third kappa shape index (κ3) is 5.70. The van der Waals surface area contributed by atoms with E-state index in [1.54, 1.807) is 6.92 Å². The van der Waals surface area contributed by atoms with Gasteiger partial charge in [-0.05, 0) is 24.5 Å². The lowest BCUT2D eigenvalue weighted by Gasteiger charge is -2.18. The highest BCUT2D eigenvalue weighted by Crippen LogP contribution is 2.28. The monoisotopic (exact) mass is 395 g/mol. The Morgan fingerprint density at radius 3 is 2.65 bits per heavy atom. The van der Waals surface area contributed by atoms with Gasteiger partial charge in [0.1, 0.15) is 5.75 Å². The number of rotatable bonds is 8. The van der Waals surface area contributed by atoms with Gasteiger partial charge in [0.2, 0.25) is 5.13 Å². The van der Waals surface area contributed by atoms with Crippen molar-refractivity contribution in [2.24, 2.45) is 0 Å². The van der Waals surface area contributed by atoms with E-state index in [2.05, 4.69) is 34.1 Å². The molecule has 0 unspecified atom stereocenters. The summed E-state index contributed by atoms with van der Waals surface area (Å²) in [5.74, 6) is 0.464. The number of ether oxygens (including phenoxy) is 2. The predicted molar refractivity (Wildman–Crippen MR) is 102 cm³/mol. The van der Waals surface area contributed by atoms with Crippen LogP contribution < -0.4 is 10.1 Å². The number of esters is 1. The molecule has 0 radical (unpaired) electrons. The van der Waals surface area contributed by atoms with E-state index in [0.29, 0.717) is 21.1 Å². The number of benzene rings is 1. The van der Waals surface area contributed by atoms with Crippen LogP contribution in [0.3, 0.4) is 0 Å². The summed E-state index contributed by atoms with van der Waals surface area (Å²) in [6.07, 6.45) is -0.690. The number of para-hydroxylation sites is 1. The molecule has 26 heavy (non-hydrogen) atoms. The maximum absolute atomic E-state index is 12.3. The van der Waals surface area contributed by atoms with Crippen LogP contribution in [0.1, 0.15) is 32.3 Å². The van der Waals surface area contributed by atoms with Crippen molar-refractivity contribution in [3.63, 3.8) is 0 Å². The van der Waals surface area contributed by atoms with Crippen molar-refractivity contribution in [1.29, 1.82) is 0 Å². The quantitative estimate of drug-likeness (QED) is 0.416. The average molecular weight is 396 g/mol. The Kier molecular flexibility index (Phi) is 7.40. The molecular weight excluding hydrogens is 374 g/mol. The molecule has 1 atom stereocenters. The summed E-state index contributed by atoms with van der Waals surface area (Å²) in [6.45, 7) is 5.82. The molecule has 1 aromatic carbocycles. The normalized spacial score (nSPS) is 11.9. The fourth-order valence-corrected chi connectivity index (χ4v) is 3.60. The Balaban J connectivity index is 1.93. The minimum atomic E-state index is -0.690. The van der Waals surface area contributed by atoms with Gasteiger partial charge in [0.05, 0.1) is 12.9 Å². The molecule has 2 aromatic rings. The number of thioether (sulfide) groups is 1. The maximum Gasteiger partial charge on any atom is 0.316 e. The summed E-state index contributed by atoms with van der Waals surface area (Å²) in [7, 11) is 1.33. The van der Waals surface area contributed by atoms with Crippen molar-refractivity contribution in [3.8, 4) is 5.75 Å². The van der Waals surface area contributed by atoms with Crippen molar-refractivity contribution in [1.82, 2.24) is 10.2 Å². The minimum absolute atomic E-state index is 0.143. The molecule has 0 aliphatic heterocycles. The van der Waals surface area contributed by atoms with E-state index in [4.69, 9.17) is 4.74 Å². The molecule has 0 aliphatic rings. The van der Waals surface area contributed by atoms with Gasteiger partial charge < -0.3 is 9.47 Å². The Bertz CT molecular complexity index is 764. The highest BCUT2D eigenvalue weighted by molar-refractivity contribution is 8.01. The highest BCUT2D eigenvalue weighted by Gasteiger charge is 2.19. The van der Waals surface area contributed by atoms with Crippen LogP contribution in [0.2, 0.25) is 0 Å². The van der Waals surface area contributed by atoms with Gasteiger partial charge in [-0.15, -0.1) is 10.2 Å². The SMILES string of the molecule is COC(=O)CSc1nnc(NC(=O)[C@H](C)Oc2ccccc2C(C)C)s1. The second-order valence-corrected chi connectivity index (χ2v) is 7.88. The number of carbonyl (C=O) groups excluding carboxylic acids is 2. The number of hydrogen-bond donors (Lipinski definition) is 1. The zero-order chi connectivity index (χ0) is 19.1. The van der Waals surface area contributed by atoms with E-state index in [9.17, 15) is 9.59 Å². The van der Waals surface area contributed by atoms with Crippen molar-refractivity contribution in [3.05, 3.63) is 29.8 Å². The van der Waals surface area contributed by atoms with Gasteiger partial charge in [-0.25, -0.2) is 0 Å². The molecule has 0 aliphatic carbocycles. The van der Waals surface area contributed by atoms with Crippen LogP contribution in [0.4, 0.5) is 5.13 Å². The molecule has 9 heteroatoms. The largest absolute Gasteiger partial charge is 0.481 e. The number of nitrogens with one attached hydrogen (secondary N) is 1. The van der Waals surface area contributed by atoms with Gasteiger partial charge in [-0.1, -0.05) is 55.1 Å². The van der Waals surface area contributed by atoms with Gasteiger partial charge in [-0.2, -0.15) is 0 Å². The van der Waals surface area contributed by atoms with E-state index in [-0.39, 0.29) is 17.6 Å². The number of anilines is 1. The molecule has 140 valence electrons. The van der Waals surface area contributed by atoms with Gasteiger partial charge in [-0.3, -0.25) is 14.9 Å². The fraction of sp³-hybridized carbons (Fsp3) is 0.412. The first kappa shape index (κ1) is 20.2. The van der Waals surface area contributed by atoms with E-state index >= 15 is 0 Å². The van der Waals surface area contributed by atoms with Crippen LogP contribution in [0.15, 0.2) is 28.6 Å². The number of aromatic nitrogens is 2. The lowest BCUT2D eigenvalue weighted by atomic mass is 10.0. The predicted octanol–water partition coefficient (Wildman–Crippen LogP) is 3.33. The second-order valence-electron chi connectivity index (χ2n) is 5.68. The van der Waals surface area contributed by atoms with Crippen molar-refractivity contribution < 1.29 is 19.1 Å². The van der Waals surface area contributed by atoms with Crippen molar-refractivity contribution in [2.75, 3.05) is 18.2 Å². The van der Waals surface area contributed by atoms with E-state index in [0.717, 1.165) is 5.56 Å². The molecule has 1 aromatic heterocycles. The number of amides is 1. The van der Waals surface area contributed by atoms with Crippen LogP contribution in [0.5, 0.6) is 5.75 Å².